The molecule has 0 aliphatic carbocycles. The molecule has 25 heavy (non-hydrogen) atoms. The van der Waals surface area contributed by atoms with Crippen LogP contribution in [0.1, 0.15) is 5.56 Å². The van der Waals surface area contributed by atoms with E-state index < -0.39 is 0 Å². The molecule has 0 unspecified atom stereocenters. The molecule has 1 fully saturated rings. The normalized spacial score (nSPS) is 19.1. The fraction of sp³-hybridized carbons (Fsp3) is 0.176. The van der Waals surface area contributed by atoms with E-state index in [2.05, 4.69) is 10.3 Å². The Morgan fingerprint density at radius 3 is 2.88 bits per heavy atom. The molecule has 0 saturated carbocycles. The van der Waals surface area contributed by atoms with Crippen LogP contribution in [0.15, 0.2) is 52.4 Å². The molecule has 0 atom stereocenters. The van der Waals surface area contributed by atoms with Crippen LogP contribution in [-0.4, -0.2) is 45.0 Å². The molecular weight excluding hydrogens is 374 g/mol. The van der Waals surface area contributed by atoms with Crippen molar-refractivity contribution in [3.63, 3.8) is 0 Å². The SMILES string of the molecule is O=C(CN1C(=O)C(=CC=Cc2ccccc2)SC1=S)NC1=NCCS1. The maximum absolute atomic E-state index is 12.4. The van der Waals surface area contributed by atoms with Gasteiger partial charge in [-0.05, 0) is 11.6 Å². The minimum Gasteiger partial charge on any atom is -0.304 e. The van der Waals surface area contributed by atoms with Gasteiger partial charge in [0, 0.05) is 5.75 Å². The van der Waals surface area contributed by atoms with Gasteiger partial charge in [-0.2, -0.15) is 0 Å². The molecule has 1 N–H and O–H groups in total. The molecule has 128 valence electrons. The van der Waals surface area contributed by atoms with Crippen LogP contribution in [0.25, 0.3) is 6.08 Å². The van der Waals surface area contributed by atoms with Crippen molar-refractivity contribution < 1.29 is 9.59 Å². The molecule has 2 aliphatic heterocycles. The Bertz CT molecular complexity index is 788. The first-order valence-electron chi connectivity index (χ1n) is 7.57. The first kappa shape index (κ1) is 17.9. The van der Waals surface area contributed by atoms with Crippen LogP contribution < -0.4 is 5.32 Å². The van der Waals surface area contributed by atoms with Gasteiger partial charge in [0.05, 0.1) is 11.4 Å². The fourth-order valence-corrected chi connectivity index (χ4v) is 4.13. The summed E-state index contributed by atoms with van der Waals surface area (Å²) in [4.78, 5) is 30.5. The largest absolute Gasteiger partial charge is 0.304 e. The summed E-state index contributed by atoms with van der Waals surface area (Å²) in [6.45, 7) is 0.613. The van der Waals surface area contributed by atoms with Gasteiger partial charge in [-0.3, -0.25) is 19.5 Å². The first-order valence-corrected chi connectivity index (χ1v) is 9.79. The van der Waals surface area contributed by atoms with Gasteiger partial charge in [0.15, 0.2) is 5.17 Å². The second kappa shape index (κ2) is 8.46. The number of nitrogens with one attached hydrogen (secondary N) is 1. The molecule has 2 aliphatic rings. The number of rotatable bonds is 4. The summed E-state index contributed by atoms with van der Waals surface area (Å²) in [6.07, 6.45) is 5.45. The van der Waals surface area contributed by atoms with Crippen LogP contribution in [0.3, 0.4) is 0 Å². The van der Waals surface area contributed by atoms with Crippen LogP contribution in [0, 0.1) is 0 Å². The third kappa shape index (κ3) is 4.81. The lowest BCUT2D eigenvalue weighted by atomic mass is 10.2. The van der Waals surface area contributed by atoms with E-state index in [0.717, 1.165) is 11.3 Å². The van der Waals surface area contributed by atoms with Crippen molar-refractivity contribution in [2.45, 2.75) is 0 Å². The number of amides is 2. The van der Waals surface area contributed by atoms with Gasteiger partial charge in [-0.25, -0.2) is 0 Å². The second-order valence-electron chi connectivity index (χ2n) is 5.14. The van der Waals surface area contributed by atoms with Crippen LogP contribution in [0.5, 0.6) is 0 Å². The standard InChI is InChI=1S/C17H15N3O2S3/c21-14(19-16-18-9-10-24-16)11-20-15(22)13(25-17(20)23)8-4-7-12-5-2-1-3-6-12/h1-8H,9-11H2,(H,18,19,21). The van der Waals surface area contributed by atoms with Crippen molar-refractivity contribution in [1.82, 2.24) is 10.2 Å². The predicted molar refractivity (Wildman–Crippen MR) is 108 cm³/mol. The highest BCUT2D eigenvalue weighted by molar-refractivity contribution is 8.26. The van der Waals surface area contributed by atoms with E-state index >= 15 is 0 Å². The molecule has 1 aromatic carbocycles. The first-order chi connectivity index (χ1) is 12.1. The van der Waals surface area contributed by atoms with E-state index in [1.165, 1.54) is 28.4 Å². The molecule has 0 aromatic heterocycles. The Kier molecular flexibility index (Phi) is 6.06. The van der Waals surface area contributed by atoms with E-state index in [-0.39, 0.29) is 18.4 Å². The summed E-state index contributed by atoms with van der Waals surface area (Å²) in [6, 6.07) is 9.80. The summed E-state index contributed by atoms with van der Waals surface area (Å²) >= 11 is 7.93. The number of carbonyl (C=O) groups is 2. The minimum atomic E-state index is -0.287. The third-order valence-corrected chi connectivity index (χ3v) is 5.63. The zero-order chi connectivity index (χ0) is 17.6. The lowest BCUT2D eigenvalue weighted by Crippen LogP contribution is -2.40. The molecule has 2 heterocycles. The predicted octanol–water partition coefficient (Wildman–Crippen LogP) is 2.66. The van der Waals surface area contributed by atoms with Gasteiger partial charge in [0.2, 0.25) is 5.91 Å². The van der Waals surface area contributed by atoms with Gasteiger partial charge in [-0.1, -0.05) is 78.2 Å². The van der Waals surface area contributed by atoms with E-state index in [0.29, 0.717) is 20.9 Å². The number of benzene rings is 1. The number of thioether (sulfide) groups is 2. The molecule has 1 aromatic rings. The lowest BCUT2D eigenvalue weighted by Gasteiger charge is -2.13. The van der Waals surface area contributed by atoms with Crippen LogP contribution in [-0.2, 0) is 9.59 Å². The Morgan fingerprint density at radius 1 is 1.36 bits per heavy atom. The second-order valence-corrected chi connectivity index (χ2v) is 7.90. The maximum Gasteiger partial charge on any atom is 0.266 e. The summed E-state index contributed by atoms with van der Waals surface area (Å²) in [5.74, 6) is 0.335. The van der Waals surface area contributed by atoms with Crippen LogP contribution >= 0.6 is 35.7 Å². The zero-order valence-corrected chi connectivity index (χ0v) is 15.6. The molecule has 1 saturated heterocycles. The van der Waals surface area contributed by atoms with Crippen molar-refractivity contribution in [2.75, 3.05) is 18.8 Å². The van der Waals surface area contributed by atoms with Crippen molar-refractivity contribution in [3.05, 3.63) is 53.0 Å². The van der Waals surface area contributed by atoms with E-state index in [4.69, 9.17) is 12.2 Å². The number of carbonyl (C=O) groups excluding carboxylic acids is 2. The number of allylic oxidation sites excluding steroid dienone is 2. The van der Waals surface area contributed by atoms with Crippen molar-refractivity contribution in [2.24, 2.45) is 4.99 Å². The average molecular weight is 390 g/mol. The highest BCUT2D eigenvalue weighted by atomic mass is 32.2. The molecule has 0 radical (unpaired) electrons. The van der Waals surface area contributed by atoms with Gasteiger partial charge in [0.1, 0.15) is 10.9 Å². The maximum atomic E-state index is 12.4. The molecule has 8 heteroatoms. The Balaban J connectivity index is 1.60. The van der Waals surface area contributed by atoms with Crippen LogP contribution in [0.4, 0.5) is 0 Å². The summed E-state index contributed by atoms with van der Waals surface area (Å²) < 4.78 is 0.389. The van der Waals surface area contributed by atoms with E-state index in [1.807, 2.05) is 42.5 Å². The smallest absolute Gasteiger partial charge is 0.266 e. The molecule has 3 rings (SSSR count). The number of hydrogen-bond donors (Lipinski definition) is 1. The van der Waals surface area contributed by atoms with Crippen molar-refractivity contribution in [1.29, 1.82) is 0 Å². The lowest BCUT2D eigenvalue weighted by molar-refractivity contribution is -0.128. The van der Waals surface area contributed by atoms with Gasteiger partial charge in [-0.15, -0.1) is 0 Å². The number of thiocarbonyl (C=S) groups is 1. The van der Waals surface area contributed by atoms with Gasteiger partial charge >= 0.3 is 0 Å². The quantitative estimate of drug-likeness (QED) is 0.634. The summed E-state index contributed by atoms with van der Waals surface area (Å²) in [5.41, 5.74) is 1.04. The van der Waals surface area contributed by atoms with Crippen LogP contribution in [0.2, 0.25) is 0 Å². The molecule has 2 amide bonds. The molecular formula is C17H15N3O2S3. The highest BCUT2D eigenvalue weighted by Crippen LogP contribution is 2.30. The Labute approximate surface area is 159 Å². The molecule has 5 nitrogen and oxygen atoms in total. The number of nitrogens with zero attached hydrogens (tertiary/aromatic N) is 2. The Hall–Kier alpha value is -1.90. The average Bonchev–Trinajstić information content (AvgIpc) is 3.20. The number of hydrogen-bond acceptors (Lipinski definition) is 6. The van der Waals surface area contributed by atoms with E-state index in [9.17, 15) is 9.59 Å². The van der Waals surface area contributed by atoms with E-state index in [1.54, 1.807) is 6.08 Å². The van der Waals surface area contributed by atoms with Crippen molar-refractivity contribution >= 4 is 63.1 Å². The monoisotopic (exact) mass is 389 g/mol. The third-order valence-electron chi connectivity index (χ3n) is 3.34. The topological polar surface area (TPSA) is 61.8 Å². The number of amidine groups is 1. The Morgan fingerprint density at radius 2 is 2.16 bits per heavy atom. The summed E-state index contributed by atoms with van der Waals surface area (Å²) in [5, 5.41) is 3.31. The summed E-state index contributed by atoms with van der Waals surface area (Å²) in [7, 11) is 0. The minimum absolute atomic E-state index is 0.0933. The van der Waals surface area contributed by atoms with Crippen molar-refractivity contribution in [3.8, 4) is 0 Å². The molecule has 0 bridgehead atoms. The number of aliphatic imine (C=N–C) groups is 1. The van der Waals surface area contributed by atoms with Gasteiger partial charge in [0.25, 0.3) is 5.91 Å². The van der Waals surface area contributed by atoms with Gasteiger partial charge < -0.3 is 5.32 Å². The molecule has 0 spiro atoms. The highest BCUT2D eigenvalue weighted by Gasteiger charge is 2.33. The zero-order valence-electron chi connectivity index (χ0n) is 13.2. The fourth-order valence-electron chi connectivity index (χ4n) is 2.17.